The average molecular weight is 347 g/mol. The number of piperidine rings is 1. The smallest absolute Gasteiger partial charge is 0.292 e. The Balaban J connectivity index is 1.38. The van der Waals surface area contributed by atoms with Crippen LogP contribution in [-0.2, 0) is 0 Å². The van der Waals surface area contributed by atoms with Gasteiger partial charge in [-0.15, -0.1) is 0 Å². The summed E-state index contributed by atoms with van der Waals surface area (Å²) in [5, 5.41) is 4.09. The molecule has 0 aliphatic carbocycles. The highest BCUT2D eigenvalue weighted by atomic mass is 32.1. The lowest BCUT2D eigenvalue weighted by Crippen LogP contribution is -2.41. The number of rotatable bonds is 3. The van der Waals surface area contributed by atoms with Gasteiger partial charge < -0.3 is 14.2 Å². The van der Waals surface area contributed by atoms with Crippen molar-refractivity contribution in [2.75, 3.05) is 13.1 Å². The van der Waals surface area contributed by atoms with Gasteiger partial charge >= 0.3 is 0 Å². The molecule has 124 valence electrons. The van der Waals surface area contributed by atoms with Gasteiger partial charge in [0, 0.05) is 32.0 Å². The fraction of sp³-hybridized carbons (Fsp3) is 0.312. The molecule has 0 N–H and O–H groups in total. The first kappa shape index (κ1) is 15.1. The molecule has 3 aromatic rings. The number of likely N-dealkylation sites (tertiary alicyclic amines) is 1. The molecule has 3 heterocycles. The Morgan fingerprint density at radius 1 is 1.33 bits per heavy atom. The fourth-order valence-corrected chi connectivity index (χ4v) is 3.64. The predicted octanol–water partition coefficient (Wildman–Crippen LogP) is 3.11. The summed E-state index contributed by atoms with van der Waals surface area (Å²) in [5.74, 6) is -0.180. The average Bonchev–Trinajstić information content (AvgIpc) is 3.23. The van der Waals surface area contributed by atoms with Gasteiger partial charge in [0.1, 0.15) is 11.9 Å². The molecule has 1 aliphatic heterocycles. The zero-order chi connectivity index (χ0) is 16.5. The van der Waals surface area contributed by atoms with Gasteiger partial charge in [0.2, 0.25) is 5.76 Å². The summed E-state index contributed by atoms with van der Waals surface area (Å²) in [6.07, 6.45) is 2.88. The quantitative estimate of drug-likeness (QED) is 0.728. The molecular formula is C16H14FN3O3S. The van der Waals surface area contributed by atoms with Gasteiger partial charge in [0.25, 0.3) is 11.1 Å². The number of nitrogens with zero attached hydrogens (tertiary/aromatic N) is 3. The van der Waals surface area contributed by atoms with E-state index in [4.69, 9.17) is 9.26 Å². The maximum Gasteiger partial charge on any atom is 0.292 e. The summed E-state index contributed by atoms with van der Waals surface area (Å²) in [6.45, 7) is 1.17. The maximum absolute atomic E-state index is 13.2. The van der Waals surface area contributed by atoms with Crippen LogP contribution in [0.5, 0.6) is 5.19 Å². The molecule has 1 aliphatic rings. The zero-order valence-electron chi connectivity index (χ0n) is 12.6. The number of fused-ring (bicyclic) bond motifs is 1. The van der Waals surface area contributed by atoms with E-state index < -0.39 is 0 Å². The fourth-order valence-electron chi connectivity index (χ4n) is 2.73. The first-order valence-electron chi connectivity index (χ1n) is 7.62. The Morgan fingerprint density at radius 2 is 2.17 bits per heavy atom. The van der Waals surface area contributed by atoms with Crippen molar-refractivity contribution < 1.29 is 18.4 Å². The highest BCUT2D eigenvalue weighted by Crippen LogP contribution is 2.30. The lowest BCUT2D eigenvalue weighted by Gasteiger charge is -2.30. The molecular weight excluding hydrogens is 333 g/mol. The van der Waals surface area contributed by atoms with Crippen molar-refractivity contribution in [3.05, 3.63) is 42.0 Å². The monoisotopic (exact) mass is 347 g/mol. The Morgan fingerprint density at radius 3 is 2.92 bits per heavy atom. The van der Waals surface area contributed by atoms with E-state index in [2.05, 4.69) is 10.1 Å². The van der Waals surface area contributed by atoms with Gasteiger partial charge in [-0.3, -0.25) is 4.79 Å². The van der Waals surface area contributed by atoms with Crippen molar-refractivity contribution in [1.82, 2.24) is 15.0 Å². The maximum atomic E-state index is 13.2. The summed E-state index contributed by atoms with van der Waals surface area (Å²) in [5.41, 5.74) is 0.731. The van der Waals surface area contributed by atoms with Crippen LogP contribution >= 0.6 is 11.3 Å². The van der Waals surface area contributed by atoms with Gasteiger partial charge in [0.05, 0.1) is 16.4 Å². The molecule has 2 aromatic heterocycles. The minimum atomic E-state index is -0.281. The molecule has 0 bridgehead atoms. The Hall–Kier alpha value is -2.48. The van der Waals surface area contributed by atoms with Crippen LogP contribution in [0.1, 0.15) is 23.4 Å². The van der Waals surface area contributed by atoms with Crippen LogP contribution in [0, 0.1) is 5.82 Å². The van der Waals surface area contributed by atoms with E-state index in [0.717, 1.165) is 10.2 Å². The lowest BCUT2D eigenvalue weighted by atomic mass is 10.1. The van der Waals surface area contributed by atoms with Gasteiger partial charge in [-0.1, -0.05) is 16.5 Å². The number of ether oxygens (including phenoxy) is 1. The molecule has 1 amide bonds. The minimum Gasteiger partial charge on any atom is -0.467 e. The van der Waals surface area contributed by atoms with Crippen LogP contribution in [-0.4, -0.2) is 40.1 Å². The number of hydrogen-bond acceptors (Lipinski definition) is 6. The topological polar surface area (TPSA) is 68.5 Å². The van der Waals surface area contributed by atoms with E-state index in [1.54, 1.807) is 17.0 Å². The molecule has 0 spiro atoms. The summed E-state index contributed by atoms with van der Waals surface area (Å²) in [7, 11) is 0. The second kappa shape index (κ2) is 6.20. The van der Waals surface area contributed by atoms with E-state index in [1.165, 1.54) is 29.7 Å². The summed E-state index contributed by atoms with van der Waals surface area (Å²) in [4.78, 5) is 18.3. The highest BCUT2D eigenvalue weighted by Gasteiger charge is 2.27. The molecule has 0 radical (unpaired) electrons. The van der Waals surface area contributed by atoms with Crippen LogP contribution in [0.3, 0.4) is 0 Å². The molecule has 4 rings (SSSR count). The van der Waals surface area contributed by atoms with Crippen LogP contribution < -0.4 is 4.74 Å². The van der Waals surface area contributed by atoms with Crippen molar-refractivity contribution in [3.63, 3.8) is 0 Å². The number of aromatic nitrogens is 2. The van der Waals surface area contributed by atoms with E-state index in [-0.39, 0.29) is 23.6 Å². The van der Waals surface area contributed by atoms with E-state index in [0.29, 0.717) is 31.1 Å². The molecule has 0 atom stereocenters. The molecule has 0 unspecified atom stereocenters. The highest BCUT2D eigenvalue weighted by molar-refractivity contribution is 7.20. The first-order valence-corrected chi connectivity index (χ1v) is 8.43. The number of halogens is 1. The summed E-state index contributed by atoms with van der Waals surface area (Å²) >= 11 is 1.33. The molecule has 1 aromatic carbocycles. The molecule has 8 heteroatoms. The number of benzene rings is 1. The molecule has 24 heavy (non-hydrogen) atoms. The zero-order valence-corrected chi connectivity index (χ0v) is 13.5. The van der Waals surface area contributed by atoms with Crippen molar-refractivity contribution >= 4 is 27.5 Å². The first-order chi connectivity index (χ1) is 11.7. The Kier molecular flexibility index (Phi) is 3.89. The number of thiazole rings is 1. The van der Waals surface area contributed by atoms with E-state index >= 15 is 0 Å². The third-order valence-corrected chi connectivity index (χ3v) is 4.89. The largest absolute Gasteiger partial charge is 0.467 e. The molecule has 6 nitrogen and oxygen atoms in total. The normalized spacial score (nSPS) is 15.8. The summed E-state index contributed by atoms with van der Waals surface area (Å²) < 4.78 is 24.8. The van der Waals surface area contributed by atoms with Crippen LogP contribution in [0.4, 0.5) is 4.39 Å². The van der Waals surface area contributed by atoms with E-state index in [9.17, 15) is 9.18 Å². The third kappa shape index (κ3) is 2.96. The van der Waals surface area contributed by atoms with Gasteiger partial charge in [-0.05, 0) is 18.2 Å². The predicted molar refractivity (Wildman–Crippen MR) is 85.6 cm³/mol. The SMILES string of the molecule is O=C(c1ccno1)N1CCC(Oc2nc3ccc(F)cc3s2)CC1. The number of amides is 1. The standard InChI is InChI=1S/C16H14FN3O3S/c17-10-1-2-12-14(9-10)24-16(19-12)22-11-4-7-20(8-5-11)15(21)13-3-6-18-23-13/h1-3,6,9,11H,4-5,7-8H2. The van der Waals surface area contributed by atoms with Crippen molar-refractivity contribution in [2.24, 2.45) is 0 Å². The molecule has 1 saturated heterocycles. The number of carbonyl (C=O) groups is 1. The second-order valence-corrected chi connectivity index (χ2v) is 6.57. The second-order valence-electron chi connectivity index (χ2n) is 5.58. The van der Waals surface area contributed by atoms with Crippen molar-refractivity contribution in [3.8, 4) is 5.19 Å². The van der Waals surface area contributed by atoms with Crippen molar-refractivity contribution in [1.29, 1.82) is 0 Å². The Labute approximate surface area is 140 Å². The number of hydrogen-bond donors (Lipinski definition) is 0. The minimum absolute atomic E-state index is 0.00538. The number of carbonyl (C=O) groups excluding carboxylic acids is 1. The van der Waals surface area contributed by atoms with Crippen LogP contribution in [0.2, 0.25) is 0 Å². The van der Waals surface area contributed by atoms with Gasteiger partial charge in [-0.25, -0.2) is 9.37 Å². The van der Waals surface area contributed by atoms with Crippen LogP contribution in [0.25, 0.3) is 10.2 Å². The van der Waals surface area contributed by atoms with Gasteiger partial charge in [-0.2, -0.15) is 0 Å². The summed E-state index contributed by atoms with van der Waals surface area (Å²) in [6, 6.07) is 6.05. The molecule has 1 fully saturated rings. The molecule has 0 saturated carbocycles. The third-order valence-electron chi connectivity index (χ3n) is 3.98. The van der Waals surface area contributed by atoms with Gasteiger partial charge in [0.15, 0.2) is 0 Å². The van der Waals surface area contributed by atoms with E-state index in [1.807, 2.05) is 0 Å². The Bertz CT molecular complexity index is 857. The van der Waals surface area contributed by atoms with Crippen LogP contribution in [0.15, 0.2) is 35.0 Å². The van der Waals surface area contributed by atoms with Crippen molar-refractivity contribution in [2.45, 2.75) is 18.9 Å². The lowest BCUT2D eigenvalue weighted by molar-refractivity contribution is 0.0558.